The summed E-state index contributed by atoms with van der Waals surface area (Å²) in [6, 6.07) is 15.0. The molecular formula is C31H38N6O4. The van der Waals surface area contributed by atoms with Gasteiger partial charge in [-0.05, 0) is 69.8 Å². The number of carbonyl (C=O) groups excluding carboxylic acids is 4. The number of para-hydroxylation sites is 2. The molecule has 216 valence electrons. The molecule has 5 rings (SSSR count). The first-order valence-corrected chi connectivity index (χ1v) is 14.3. The third kappa shape index (κ3) is 6.43. The number of aromatic amines is 1. The Kier molecular flexibility index (Phi) is 8.39. The largest absolute Gasteiger partial charge is 0.361 e. The fourth-order valence-electron chi connectivity index (χ4n) is 5.67. The number of nitrogens with one attached hydrogen (secondary N) is 5. The van der Waals surface area contributed by atoms with Crippen LogP contribution < -0.4 is 21.3 Å². The number of amides is 4. The first-order valence-electron chi connectivity index (χ1n) is 14.3. The Hall–Kier alpha value is -4.18. The van der Waals surface area contributed by atoms with Gasteiger partial charge in [-0.15, -0.1) is 0 Å². The lowest BCUT2D eigenvalue weighted by atomic mass is 9.99. The van der Waals surface area contributed by atoms with Crippen molar-refractivity contribution in [2.75, 3.05) is 18.4 Å². The van der Waals surface area contributed by atoms with Crippen molar-refractivity contribution >= 4 is 40.2 Å². The monoisotopic (exact) mass is 558 g/mol. The number of hydrogen-bond acceptors (Lipinski definition) is 5. The molecule has 0 aliphatic carbocycles. The number of fused-ring (bicyclic) bond motifs is 1. The number of aromatic nitrogens is 1. The molecule has 0 radical (unpaired) electrons. The Morgan fingerprint density at radius 3 is 2.51 bits per heavy atom. The summed E-state index contributed by atoms with van der Waals surface area (Å²) in [6.07, 6.45) is 5.07. The Balaban J connectivity index is 1.29. The first kappa shape index (κ1) is 28.4. The molecule has 4 amide bonds. The summed E-state index contributed by atoms with van der Waals surface area (Å²) in [7, 11) is 0. The van der Waals surface area contributed by atoms with E-state index in [2.05, 4.69) is 26.3 Å². The van der Waals surface area contributed by atoms with Gasteiger partial charge in [-0.3, -0.25) is 19.2 Å². The van der Waals surface area contributed by atoms with Gasteiger partial charge in [0, 0.05) is 35.8 Å². The van der Waals surface area contributed by atoms with Gasteiger partial charge >= 0.3 is 0 Å². The summed E-state index contributed by atoms with van der Waals surface area (Å²) in [5, 5.41) is 12.8. The highest BCUT2D eigenvalue weighted by Gasteiger charge is 2.41. The van der Waals surface area contributed by atoms with E-state index in [0.29, 0.717) is 18.7 Å². The molecule has 3 heterocycles. The van der Waals surface area contributed by atoms with Crippen LogP contribution in [0.2, 0.25) is 0 Å². The zero-order valence-electron chi connectivity index (χ0n) is 23.5. The molecule has 0 spiro atoms. The van der Waals surface area contributed by atoms with E-state index in [0.717, 1.165) is 42.3 Å². The molecule has 5 N–H and O–H groups in total. The minimum absolute atomic E-state index is 0.0567. The van der Waals surface area contributed by atoms with E-state index in [9.17, 15) is 19.2 Å². The van der Waals surface area contributed by atoms with Crippen molar-refractivity contribution in [1.29, 1.82) is 0 Å². The summed E-state index contributed by atoms with van der Waals surface area (Å²) in [4.78, 5) is 58.3. The molecule has 10 nitrogen and oxygen atoms in total. The van der Waals surface area contributed by atoms with Crippen LogP contribution in [0, 0.1) is 0 Å². The van der Waals surface area contributed by atoms with Crippen LogP contribution in [-0.4, -0.2) is 70.3 Å². The van der Waals surface area contributed by atoms with Crippen LogP contribution >= 0.6 is 0 Å². The van der Waals surface area contributed by atoms with Gasteiger partial charge in [-0.25, -0.2) is 0 Å². The molecule has 2 fully saturated rings. The summed E-state index contributed by atoms with van der Waals surface area (Å²) in [6.45, 7) is 4.54. The van der Waals surface area contributed by atoms with E-state index in [4.69, 9.17) is 0 Å². The summed E-state index contributed by atoms with van der Waals surface area (Å²) in [5.41, 5.74) is 1.11. The number of H-pyrrole nitrogens is 1. The van der Waals surface area contributed by atoms with E-state index >= 15 is 0 Å². The molecule has 2 aliphatic heterocycles. The maximum Gasteiger partial charge on any atom is 0.247 e. The molecule has 2 saturated heterocycles. The second-order valence-electron chi connectivity index (χ2n) is 11.4. The Morgan fingerprint density at radius 1 is 1.00 bits per heavy atom. The maximum atomic E-state index is 13.6. The highest BCUT2D eigenvalue weighted by atomic mass is 16.2. The average Bonchev–Trinajstić information content (AvgIpc) is 3.74. The molecule has 3 aromatic rings. The van der Waals surface area contributed by atoms with Crippen molar-refractivity contribution in [2.24, 2.45) is 0 Å². The Labute approximate surface area is 239 Å². The molecule has 0 bridgehead atoms. The second-order valence-corrected chi connectivity index (χ2v) is 11.4. The minimum atomic E-state index is -1.33. The number of benzene rings is 2. The van der Waals surface area contributed by atoms with Crippen molar-refractivity contribution in [2.45, 2.75) is 69.6 Å². The van der Waals surface area contributed by atoms with Crippen LogP contribution in [0.15, 0.2) is 60.8 Å². The van der Waals surface area contributed by atoms with Gasteiger partial charge in [0.1, 0.15) is 17.6 Å². The molecule has 10 heteroatoms. The fraction of sp³-hybridized carbons (Fsp3) is 0.419. The average molecular weight is 559 g/mol. The molecule has 2 aromatic carbocycles. The van der Waals surface area contributed by atoms with E-state index < -0.39 is 23.5 Å². The standard InChI is InChI=1S/C31H38N6O4/c1-31(2,36-28(39)26-15-9-17-37(26)29(40)24-14-8-16-32-24)30(41)35-25(27(38)34-21-10-4-3-5-11-21)18-20-19-33-23-13-7-6-12-22(20)23/h3-7,10-13,19,24-26,32-33H,8-9,14-18H2,1-2H3,(H,34,38)(H,35,41)(H,36,39). The van der Waals surface area contributed by atoms with Crippen molar-refractivity contribution < 1.29 is 19.2 Å². The van der Waals surface area contributed by atoms with E-state index in [-0.39, 0.29) is 30.2 Å². The van der Waals surface area contributed by atoms with Crippen LogP contribution in [-0.2, 0) is 25.6 Å². The van der Waals surface area contributed by atoms with Crippen LogP contribution in [0.3, 0.4) is 0 Å². The number of carbonyl (C=O) groups is 4. The third-order valence-electron chi connectivity index (χ3n) is 7.96. The lowest BCUT2D eigenvalue weighted by Crippen LogP contribution is -2.61. The number of rotatable bonds is 9. The number of nitrogens with zero attached hydrogens (tertiary/aromatic N) is 1. The van der Waals surface area contributed by atoms with Crippen LogP contribution in [0.4, 0.5) is 5.69 Å². The molecule has 3 unspecified atom stereocenters. The highest BCUT2D eigenvalue weighted by Crippen LogP contribution is 2.23. The van der Waals surface area contributed by atoms with Crippen molar-refractivity contribution in [3.63, 3.8) is 0 Å². The topological polar surface area (TPSA) is 135 Å². The van der Waals surface area contributed by atoms with Gasteiger partial charge in [0.2, 0.25) is 23.6 Å². The lowest BCUT2D eigenvalue weighted by Gasteiger charge is -2.32. The number of anilines is 1. The summed E-state index contributed by atoms with van der Waals surface area (Å²) < 4.78 is 0. The zero-order chi connectivity index (χ0) is 29.0. The smallest absolute Gasteiger partial charge is 0.247 e. The fourth-order valence-corrected chi connectivity index (χ4v) is 5.67. The van der Waals surface area contributed by atoms with Gasteiger partial charge < -0.3 is 31.2 Å². The maximum absolute atomic E-state index is 13.6. The third-order valence-corrected chi connectivity index (χ3v) is 7.96. The molecule has 0 saturated carbocycles. The number of hydrogen-bond donors (Lipinski definition) is 5. The molecule has 3 atom stereocenters. The van der Waals surface area contributed by atoms with Crippen LogP contribution in [0.1, 0.15) is 45.1 Å². The van der Waals surface area contributed by atoms with Crippen molar-refractivity contribution in [1.82, 2.24) is 25.8 Å². The summed E-state index contributed by atoms with van der Waals surface area (Å²) >= 11 is 0. The molecule has 41 heavy (non-hydrogen) atoms. The summed E-state index contributed by atoms with van der Waals surface area (Å²) in [5.74, 6) is -1.28. The van der Waals surface area contributed by atoms with Crippen molar-refractivity contribution in [3.05, 3.63) is 66.4 Å². The van der Waals surface area contributed by atoms with Crippen LogP contribution in [0.5, 0.6) is 0 Å². The number of likely N-dealkylation sites (tertiary alicyclic amines) is 1. The van der Waals surface area contributed by atoms with Gasteiger partial charge in [-0.2, -0.15) is 0 Å². The normalized spacial score (nSPS) is 19.6. The predicted octanol–water partition coefficient (Wildman–Crippen LogP) is 2.47. The zero-order valence-corrected chi connectivity index (χ0v) is 23.5. The van der Waals surface area contributed by atoms with E-state index in [1.165, 1.54) is 0 Å². The predicted molar refractivity (Wildman–Crippen MR) is 157 cm³/mol. The van der Waals surface area contributed by atoms with Gasteiger partial charge in [0.05, 0.1) is 6.04 Å². The van der Waals surface area contributed by atoms with Crippen molar-refractivity contribution in [3.8, 4) is 0 Å². The van der Waals surface area contributed by atoms with Gasteiger partial charge in [-0.1, -0.05) is 36.4 Å². The van der Waals surface area contributed by atoms with Gasteiger partial charge in [0.25, 0.3) is 0 Å². The van der Waals surface area contributed by atoms with Gasteiger partial charge in [0.15, 0.2) is 0 Å². The Bertz CT molecular complexity index is 1410. The first-order chi connectivity index (χ1) is 19.7. The minimum Gasteiger partial charge on any atom is -0.361 e. The quantitative estimate of drug-likeness (QED) is 0.275. The molecular weight excluding hydrogens is 520 g/mol. The highest BCUT2D eigenvalue weighted by molar-refractivity contribution is 6.00. The van der Waals surface area contributed by atoms with E-state index in [1.807, 2.05) is 48.7 Å². The Morgan fingerprint density at radius 2 is 1.76 bits per heavy atom. The van der Waals surface area contributed by atoms with E-state index in [1.54, 1.807) is 30.9 Å². The van der Waals surface area contributed by atoms with Crippen LogP contribution in [0.25, 0.3) is 10.9 Å². The molecule has 1 aromatic heterocycles. The lowest BCUT2D eigenvalue weighted by molar-refractivity contribution is -0.141. The molecule has 2 aliphatic rings. The SMILES string of the molecule is CC(C)(NC(=O)C1CCCN1C(=O)C1CCCN1)C(=O)NC(Cc1c[nH]c2ccccc12)C(=O)Nc1ccccc1. The second kappa shape index (κ2) is 12.1.